The molecular weight excluding hydrogens is 398 g/mol. The Morgan fingerprint density at radius 2 is 1.87 bits per heavy atom. The topological polar surface area (TPSA) is 118 Å². The highest BCUT2D eigenvalue weighted by Gasteiger charge is 2.18. The molecule has 0 saturated carbocycles. The van der Waals surface area contributed by atoms with Crippen LogP contribution in [-0.4, -0.2) is 37.0 Å². The van der Waals surface area contributed by atoms with Crippen molar-refractivity contribution in [3.05, 3.63) is 59.7 Å². The number of unbranched alkanes of at least 4 members (excludes halogenated alkanes) is 1. The number of benzene rings is 2. The molecule has 0 aliphatic heterocycles. The molecule has 0 heterocycles. The lowest BCUT2D eigenvalue weighted by Crippen LogP contribution is -2.35. The van der Waals surface area contributed by atoms with Crippen molar-refractivity contribution in [3.8, 4) is 11.8 Å². The van der Waals surface area contributed by atoms with Crippen molar-refractivity contribution in [1.82, 2.24) is 5.32 Å². The first-order chi connectivity index (χ1) is 14.9. The Balaban J connectivity index is 1.77. The second-order valence-corrected chi connectivity index (χ2v) is 6.72. The molecule has 0 saturated heterocycles. The van der Waals surface area contributed by atoms with Gasteiger partial charge in [-0.15, -0.1) is 0 Å². The summed E-state index contributed by atoms with van der Waals surface area (Å²) in [7, 11) is 0. The molecule has 0 radical (unpaired) electrons. The lowest BCUT2D eigenvalue weighted by Gasteiger charge is -2.14. The van der Waals surface area contributed by atoms with Crippen LogP contribution in [0.25, 0.3) is 0 Å². The van der Waals surface area contributed by atoms with Gasteiger partial charge < -0.3 is 20.1 Å². The highest BCUT2D eigenvalue weighted by atomic mass is 16.5. The summed E-state index contributed by atoms with van der Waals surface area (Å²) in [4.78, 5) is 36.3. The van der Waals surface area contributed by atoms with E-state index in [1.54, 1.807) is 42.5 Å². The molecule has 2 aromatic rings. The number of carbonyl (C=O) groups excluding carboxylic acids is 3. The average Bonchev–Trinajstić information content (AvgIpc) is 2.78. The number of hydrogen-bond donors (Lipinski definition) is 2. The number of hydrogen-bond acceptors (Lipinski definition) is 6. The third-order valence-corrected chi connectivity index (χ3v) is 4.21. The summed E-state index contributed by atoms with van der Waals surface area (Å²) in [5.41, 5.74) is 1.19. The van der Waals surface area contributed by atoms with Gasteiger partial charge in [0.2, 0.25) is 0 Å². The Kier molecular flexibility index (Phi) is 9.05. The first-order valence-electron chi connectivity index (χ1n) is 9.94. The van der Waals surface area contributed by atoms with Crippen molar-refractivity contribution >= 4 is 23.5 Å². The number of amides is 2. The summed E-state index contributed by atoms with van der Waals surface area (Å²) in [5, 5.41) is 13.9. The predicted octanol–water partition coefficient (Wildman–Crippen LogP) is 3.04. The van der Waals surface area contributed by atoms with Crippen LogP contribution in [-0.2, 0) is 14.3 Å². The molecule has 2 amide bonds. The molecule has 0 fully saturated rings. The second kappa shape index (κ2) is 12.0. The first kappa shape index (κ1) is 23.4. The Bertz CT molecular complexity index is 950. The Labute approximate surface area is 181 Å². The zero-order valence-electron chi connectivity index (χ0n) is 17.5. The Morgan fingerprint density at radius 1 is 1.13 bits per heavy atom. The molecule has 0 aliphatic carbocycles. The third kappa shape index (κ3) is 7.82. The summed E-state index contributed by atoms with van der Waals surface area (Å²) in [6.07, 6.45) is 0.910. The number of rotatable bonds is 10. The van der Waals surface area contributed by atoms with Gasteiger partial charge in [0.15, 0.2) is 6.10 Å². The molecule has 0 aromatic heterocycles. The number of ether oxygens (including phenoxy) is 2. The number of carbonyl (C=O) groups is 3. The van der Waals surface area contributed by atoms with Crippen LogP contribution in [0.3, 0.4) is 0 Å². The quantitative estimate of drug-likeness (QED) is 0.448. The van der Waals surface area contributed by atoms with Crippen LogP contribution in [0, 0.1) is 11.3 Å². The second-order valence-electron chi connectivity index (χ2n) is 6.72. The average molecular weight is 423 g/mol. The van der Waals surface area contributed by atoms with Crippen molar-refractivity contribution in [2.75, 3.05) is 18.5 Å². The van der Waals surface area contributed by atoms with E-state index in [1.165, 1.54) is 13.0 Å². The van der Waals surface area contributed by atoms with Crippen molar-refractivity contribution in [3.63, 3.8) is 0 Å². The molecule has 0 aliphatic rings. The molecule has 1 unspecified atom stereocenters. The van der Waals surface area contributed by atoms with Gasteiger partial charge in [0.1, 0.15) is 12.3 Å². The molecule has 31 heavy (non-hydrogen) atoms. The van der Waals surface area contributed by atoms with Crippen molar-refractivity contribution in [2.24, 2.45) is 0 Å². The van der Waals surface area contributed by atoms with E-state index in [-0.39, 0.29) is 6.54 Å². The van der Waals surface area contributed by atoms with E-state index in [1.807, 2.05) is 6.07 Å². The number of esters is 1. The normalized spacial score (nSPS) is 11.0. The van der Waals surface area contributed by atoms with Gasteiger partial charge in [-0.3, -0.25) is 14.4 Å². The fraction of sp³-hybridized carbons (Fsp3) is 0.304. The van der Waals surface area contributed by atoms with Gasteiger partial charge >= 0.3 is 5.97 Å². The zero-order valence-corrected chi connectivity index (χ0v) is 17.5. The molecule has 8 nitrogen and oxygen atoms in total. The molecule has 8 heteroatoms. The van der Waals surface area contributed by atoms with Crippen LogP contribution in [0.2, 0.25) is 0 Å². The van der Waals surface area contributed by atoms with Crippen LogP contribution >= 0.6 is 0 Å². The molecule has 2 rings (SSSR count). The maximum absolute atomic E-state index is 12.2. The van der Waals surface area contributed by atoms with E-state index < -0.39 is 23.9 Å². The lowest BCUT2D eigenvalue weighted by molar-refractivity contribution is -0.152. The zero-order chi connectivity index (χ0) is 22.6. The minimum atomic E-state index is -1.07. The van der Waals surface area contributed by atoms with Crippen LogP contribution in [0.1, 0.15) is 42.6 Å². The van der Waals surface area contributed by atoms with E-state index >= 15 is 0 Å². The van der Waals surface area contributed by atoms with Crippen LogP contribution in [0.15, 0.2) is 48.5 Å². The van der Waals surface area contributed by atoms with Crippen LogP contribution in [0.5, 0.6) is 5.75 Å². The van der Waals surface area contributed by atoms with Gasteiger partial charge in [0, 0.05) is 11.3 Å². The summed E-state index contributed by atoms with van der Waals surface area (Å²) in [5.74, 6) is -1.07. The largest absolute Gasteiger partial charge is 0.494 e. The van der Waals surface area contributed by atoms with Gasteiger partial charge in [-0.1, -0.05) is 19.4 Å². The van der Waals surface area contributed by atoms with Crippen LogP contribution in [0.4, 0.5) is 5.69 Å². The fourth-order valence-electron chi connectivity index (χ4n) is 2.49. The molecule has 2 N–H and O–H groups in total. The number of nitrogens with one attached hydrogen (secondary N) is 2. The first-order valence-corrected chi connectivity index (χ1v) is 9.94. The molecule has 2 aromatic carbocycles. The molecule has 0 spiro atoms. The summed E-state index contributed by atoms with van der Waals surface area (Å²) < 4.78 is 10.6. The highest BCUT2D eigenvalue weighted by molar-refractivity contribution is 5.97. The SMILES string of the molecule is CCCCOc1ccc(C(=O)NCC(=O)OC(C)C(=O)Nc2cccc(C#N)c2)cc1. The van der Waals surface area contributed by atoms with E-state index in [4.69, 9.17) is 14.7 Å². The minimum Gasteiger partial charge on any atom is -0.494 e. The predicted molar refractivity (Wildman–Crippen MR) is 115 cm³/mol. The Morgan fingerprint density at radius 3 is 2.55 bits per heavy atom. The summed E-state index contributed by atoms with van der Waals surface area (Å²) >= 11 is 0. The van der Waals surface area contributed by atoms with E-state index in [0.717, 1.165) is 12.8 Å². The third-order valence-electron chi connectivity index (χ3n) is 4.21. The lowest BCUT2D eigenvalue weighted by atomic mass is 10.2. The van der Waals surface area contributed by atoms with Crippen molar-refractivity contribution < 1.29 is 23.9 Å². The smallest absolute Gasteiger partial charge is 0.326 e. The maximum atomic E-state index is 12.2. The van der Waals surface area contributed by atoms with Crippen LogP contribution < -0.4 is 15.4 Å². The monoisotopic (exact) mass is 423 g/mol. The van der Waals surface area contributed by atoms with E-state index in [0.29, 0.717) is 29.2 Å². The summed E-state index contributed by atoms with van der Waals surface area (Å²) in [6, 6.07) is 14.9. The van der Waals surface area contributed by atoms with Gasteiger partial charge in [-0.25, -0.2) is 0 Å². The standard InChI is InChI=1S/C23H25N3O5/c1-3-4-12-30-20-10-8-18(9-11-20)23(29)25-15-21(27)31-16(2)22(28)26-19-7-5-6-17(13-19)14-24/h5-11,13,16H,3-4,12,15H2,1-2H3,(H,25,29)(H,26,28). The summed E-state index contributed by atoms with van der Waals surface area (Å²) in [6.45, 7) is 3.72. The maximum Gasteiger partial charge on any atom is 0.326 e. The van der Waals surface area contributed by atoms with E-state index in [2.05, 4.69) is 17.6 Å². The Hall–Kier alpha value is -3.86. The fourth-order valence-corrected chi connectivity index (χ4v) is 2.49. The van der Waals surface area contributed by atoms with Gasteiger partial charge in [-0.2, -0.15) is 5.26 Å². The molecular formula is C23H25N3O5. The van der Waals surface area contributed by atoms with E-state index in [9.17, 15) is 14.4 Å². The number of anilines is 1. The van der Waals surface area contributed by atoms with Crippen molar-refractivity contribution in [2.45, 2.75) is 32.8 Å². The molecule has 1 atom stereocenters. The van der Waals surface area contributed by atoms with Crippen molar-refractivity contribution in [1.29, 1.82) is 5.26 Å². The highest BCUT2D eigenvalue weighted by Crippen LogP contribution is 2.13. The number of nitriles is 1. The van der Waals surface area contributed by atoms with Gasteiger partial charge in [0.25, 0.3) is 11.8 Å². The minimum absolute atomic E-state index is 0.374. The number of nitrogens with zero attached hydrogens (tertiary/aromatic N) is 1. The molecule has 0 bridgehead atoms. The molecule has 162 valence electrons. The van der Waals surface area contributed by atoms with Gasteiger partial charge in [0.05, 0.1) is 18.2 Å². The van der Waals surface area contributed by atoms with Gasteiger partial charge in [-0.05, 0) is 55.8 Å².